The number of H-pyrrole nitrogens is 1. The third-order valence-electron chi connectivity index (χ3n) is 3.15. The van der Waals surface area contributed by atoms with Gasteiger partial charge in [0.05, 0.1) is 17.8 Å². The average Bonchev–Trinajstić information content (AvgIpc) is 2.27. The van der Waals surface area contributed by atoms with Gasteiger partial charge in [0.2, 0.25) is 5.91 Å². The minimum atomic E-state index is -0.235. The molecule has 0 aliphatic carbocycles. The van der Waals surface area contributed by atoms with Crippen molar-refractivity contribution in [2.75, 3.05) is 13.1 Å². The molecule has 6 heteroatoms. The van der Waals surface area contributed by atoms with Crippen LogP contribution in [0.4, 0.5) is 0 Å². The number of nitrogens with zero attached hydrogens (tertiary/aromatic N) is 2. The van der Waals surface area contributed by atoms with Crippen LogP contribution >= 0.6 is 0 Å². The zero-order valence-corrected chi connectivity index (χ0v) is 12.5. The van der Waals surface area contributed by atoms with E-state index >= 15 is 0 Å². The van der Waals surface area contributed by atoms with Crippen molar-refractivity contribution in [1.29, 1.82) is 0 Å². The van der Waals surface area contributed by atoms with Crippen molar-refractivity contribution in [2.24, 2.45) is 0 Å². The second-order valence-corrected chi connectivity index (χ2v) is 6.34. The van der Waals surface area contributed by atoms with Crippen molar-refractivity contribution in [2.45, 2.75) is 46.2 Å². The predicted molar refractivity (Wildman–Crippen MR) is 76.5 cm³/mol. The monoisotopic (exact) mass is 278 g/mol. The first-order chi connectivity index (χ1) is 9.24. The summed E-state index contributed by atoms with van der Waals surface area (Å²) in [4.78, 5) is 32.9. The Kier molecular flexibility index (Phi) is 3.94. The zero-order chi connectivity index (χ0) is 14.9. The number of rotatable bonds is 2. The molecule has 0 radical (unpaired) electrons. The fraction of sp³-hybridized carbons (Fsp3) is 0.643. The molecule has 0 aromatic carbocycles. The van der Waals surface area contributed by atoms with Gasteiger partial charge >= 0.3 is 0 Å². The number of fused-ring (bicyclic) bond motifs is 1. The number of carbonyl (C=O) groups is 1. The summed E-state index contributed by atoms with van der Waals surface area (Å²) in [5, 5.41) is 2.93. The maximum atomic E-state index is 11.9. The molecule has 2 N–H and O–H groups in total. The molecule has 0 atom stereocenters. The minimum Gasteiger partial charge on any atom is -0.350 e. The van der Waals surface area contributed by atoms with Crippen LogP contribution in [0.3, 0.4) is 0 Å². The van der Waals surface area contributed by atoms with E-state index in [-0.39, 0.29) is 17.0 Å². The van der Waals surface area contributed by atoms with Crippen LogP contribution in [0.15, 0.2) is 4.79 Å². The van der Waals surface area contributed by atoms with E-state index in [1.54, 1.807) is 6.92 Å². The second-order valence-electron chi connectivity index (χ2n) is 6.34. The molecule has 6 nitrogen and oxygen atoms in total. The van der Waals surface area contributed by atoms with Crippen molar-refractivity contribution in [1.82, 2.24) is 20.2 Å². The molecule has 1 aliphatic rings. The van der Waals surface area contributed by atoms with Gasteiger partial charge < -0.3 is 10.3 Å². The highest BCUT2D eigenvalue weighted by atomic mass is 16.2. The van der Waals surface area contributed by atoms with E-state index in [4.69, 9.17) is 0 Å². The average molecular weight is 278 g/mol. The van der Waals surface area contributed by atoms with E-state index in [1.165, 1.54) is 0 Å². The van der Waals surface area contributed by atoms with E-state index in [0.717, 1.165) is 12.2 Å². The second kappa shape index (κ2) is 5.36. The van der Waals surface area contributed by atoms with Gasteiger partial charge in [-0.3, -0.25) is 14.5 Å². The van der Waals surface area contributed by atoms with E-state index in [9.17, 15) is 9.59 Å². The fourth-order valence-electron chi connectivity index (χ4n) is 2.40. The van der Waals surface area contributed by atoms with Crippen LogP contribution < -0.4 is 10.9 Å². The Balaban J connectivity index is 2.05. The van der Waals surface area contributed by atoms with Gasteiger partial charge in [-0.2, -0.15) is 0 Å². The molecule has 0 saturated carbocycles. The Bertz CT molecular complexity index is 572. The number of aromatic nitrogens is 2. The number of amides is 1. The Morgan fingerprint density at radius 3 is 2.80 bits per heavy atom. The molecule has 1 aliphatic heterocycles. The van der Waals surface area contributed by atoms with Crippen LogP contribution in [0.1, 0.15) is 37.9 Å². The smallest absolute Gasteiger partial charge is 0.255 e. The molecule has 2 rings (SSSR count). The molecule has 1 aromatic rings. The topological polar surface area (TPSA) is 78.1 Å². The van der Waals surface area contributed by atoms with Crippen molar-refractivity contribution < 1.29 is 4.79 Å². The van der Waals surface area contributed by atoms with E-state index in [2.05, 4.69) is 15.3 Å². The molecule has 1 amide bonds. The van der Waals surface area contributed by atoms with Crippen LogP contribution in [0.25, 0.3) is 0 Å². The largest absolute Gasteiger partial charge is 0.350 e. The lowest BCUT2D eigenvalue weighted by Gasteiger charge is -2.28. The number of carbonyl (C=O) groups excluding carboxylic acids is 1. The summed E-state index contributed by atoms with van der Waals surface area (Å²) in [5.41, 5.74) is 1.22. The fourth-order valence-corrected chi connectivity index (χ4v) is 2.40. The van der Waals surface area contributed by atoms with E-state index in [1.807, 2.05) is 25.7 Å². The highest BCUT2D eigenvalue weighted by Gasteiger charge is 2.23. The highest BCUT2D eigenvalue weighted by molar-refractivity contribution is 5.78. The van der Waals surface area contributed by atoms with Gasteiger partial charge in [0.1, 0.15) is 5.82 Å². The first kappa shape index (κ1) is 14.7. The summed E-state index contributed by atoms with van der Waals surface area (Å²) >= 11 is 0. The van der Waals surface area contributed by atoms with Gasteiger partial charge in [-0.1, -0.05) is 0 Å². The summed E-state index contributed by atoms with van der Waals surface area (Å²) in [7, 11) is 0. The molecule has 0 unspecified atom stereocenters. The Morgan fingerprint density at radius 2 is 2.15 bits per heavy atom. The van der Waals surface area contributed by atoms with Gasteiger partial charge in [-0.25, -0.2) is 4.98 Å². The number of aryl methyl sites for hydroxylation is 1. The van der Waals surface area contributed by atoms with Gasteiger partial charge in [-0.15, -0.1) is 0 Å². The summed E-state index contributed by atoms with van der Waals surface area (Å²) in [6.45, 7) is 9.18. The Labute approximate surface area is 118 Å². The van der Waals surface area contributed by atoms with Crippen molar-refractivity contribution >= 4 is 5.91 Å². The highest BCUT2D eigenvalue weighted by Crippen LogP contribution is 2.13. The minimum absolute atomic E-state index is 0.0163. The number of hydrogen-bond donors (Lipinski definition) is 2. The normalized spacial score (nSPS) is 15.8. The van der Waals surface area contributed by atoms with E-state index in [0.29, 0.717) is 30.9 Å². The molecule has 0 spiro atoms. The Hall–Kier alpha value is -1.69. The van der Waals surface area contributed by atoms with Crippen LogP contribution in [-0.4, -0.2) is 39.4 Å². The zero-order valence-electron chi connectivity index (χ0n) is 12.5. The van der Waals surface area contributed by atoms with Crippen LogP contribution in [-0.2, 0) is 17.8 Å². The summed E-state index contributed by atoms with van der Waals surface area (Å²) in [6, 6.07) is 0. The van der Waals surface area contributed by atoms with Crippen LogP contribution in [0.2, 0.25) is 0 Å². The maximum absolute atomic E-state index is 11.9. The summed E-state index contributed by atoms with van der Waals surface area (Å²) < 4.78 is 0. The van der Waals surface area contributed by atoms with Crippen molar-refractivity contribution in [3.8, 4) is 0 Å². The molecule has 0 saturated heterocycles. The van der Waals surface area contributed by atoms with Gasteiger partial charge in [0.15, 0.2) is 0 Å². The number of nitrogens with one attached hydrogen (secondary N) is 2. The first-order valence-electron chi connectivity index (χ1n) is 6.86. The molecular weight excluding hydrogens is 256 g/mol. The Morgan fingerprint density at radius 1 is 1.45 bits per heavy atom. The van der Waals surface area contributed by atoms with Gasteiger partial charge in [-0.05, 0) is 27.7 Å². The van der Waals surface area contributed by atoms with Crippen molar-refractivity contribution in [3.05, 3.63) is 27.4 Å². The number of hydrogen-bond acceptors (Lipinski definition) is 4. The molecule has 0 fully saturated rings. The SMILES string of the molecule is Cc1nc2c(c(=O)[nH]1)CN(CC(=O)NC(C)(C)C)CC2. The molecule has 2 heterocycles. The lowest BCUT2D eigenvalue weighted by molar-refractivity contribution is -0.123. The third kappa shape index (κ3) is 3.66. The summed E-state index contributed by atoms with van der Waals surface area (Å²) in [6.07, 6.45) is 0.711. The molecular formula is C14H22N4O2. The van der Waals surface area contributed by atoms with Gasteiger partial charge in [0, 0.05) is 25.0 Å². The predicted octanol–water partition coefficient (Wildman–Crippen LogP) is 0.351. The standard InChI is InChI=1S/C14H22N4O2/c1-9-15-11-5-6-18(7-10(11)13(20)16-9)8-12(19)17-14(2,3)4/h5-8H2,1-4H3,(H,17,19)(H,15,16,20). The number of aromatic amines is 1. The lowest BCUT2D eigenvalue weighted by atomic mass is 10.1. The summed E-state index contributed by atoms with van der Waals surface area (Å²) in [5.74, 6) is 0.630. The van der Waals surface area contributed by atoms with E-state index < -0.39 is 0 Å². The lowest BCUT2D eigenvalue weighted by Crippen LogP contribution is -2.47. The van der Waals surface area contributed by atoms with Crippen LogP contribution in [0, 0.1) is 6.92 Å². The molecule has 1 aromatic heterocycles. The van der Waals surface area contributed by atoms with Crippen molar-refractivity contribution in [3.63, 3.8) is 0 Å². The van der Waals surface area contributed by atoms with Gasteiger partial charge in [0.25, 0.3) is 5.56 Å². The third-order valence-corrected chi connectivity index (χ3v) is 3.15. The molecule has 0 bridgehead atoms. The first-order valence-corrected chi connectivity index (χ1v) is 6.86. The quantitative estimate of drug-likeness (QED) is 0.818. The van der Waals surface area contributed by atoms with Crippen LogP contribution in [0.5, 0.6) is 0 Å². The maximum Gasteiger partial charge on any atom is 0.255 e. The molecule has 110 valence electrons. The molecule has 20 heavy (non-hydrogen) atoms.